The summed E-state index contributed by atoms with van der Waals surface area (Å²) in [5, 5.41) is 20.7. The Bertz CT molecular complexity index is 1030. The smallest absolute Gasteiger partial charge is 0.283 e. The van der Waals surface area contributed by atoms with Gasteiger partial charge in [-0.25, -0.2) is 0 Å². The Morgan fingerprint density at radius 1 is 1.24 bits per heavy atom. The van der Waals surface area contributed by atoms with Gasteiger partial charge in [0.25, 0.3) is 17.5 Å². The largest absolute Gasteiger partial charge is 0.364 e. The van der Waals surface area contributed by atoms with E-state index >= 15 is 0 Å². The van der Waals surface area contributed by atoms with E-state index in [0.717, 1.165) is 6.07 Å². The van der Waals surface area contributed by atoms with Gasteiger partial charge in [0.05, 0.1) is 10.4 Å². The molecule has 0 aliphatic heterocycles. The Morgan fingerprint density at radius 2 is 2.00 bits per heavy atom. The van der Waals surface area contributed by atoms with Gasteiger partial charge < -0.3 is 11.1 Å². The third-order valence-corrected chi connectivity index (χ3v) is 3.69. The van der Waals surface area contributed by atoms with Crippen LogP contribution in [0.15, 0.2) is 36.4 Å². The molecule has 3 rings (SSSR count). The van der Waals surface area contributed by atoms with Crippen LogP contribution < -0.4 is 11.1 Å². The predicted molar refractivity (Wildman–Crippen MR) is 90.7 cm³/mol. The standard InChI is InChI=1S/C15H10ClN5O4/c16-7-1-3-9(12(5-7)21(24)25)15(23)18-8-2-4-11-10(6-8)13(14(17)22)20-19-11/h1-6H,(H2,17,22)(H,18,23)(H,19,20). The summed E-state index contributed by atoms with van der Waals surface area (Å²) in [7, 11) is 0. The van der Waals surface area contributed by atoms with E-state index in [4.69, 9.17) is 17.3 Å². The second kappa shape index (κ2) is 6.21. The average Bonchev–Trinajstić information content (AvgIpc) is 2.98. The van der Waals surface area contributed by atoms with Crippen LogP contribution in [0.4, 0.5) is 11.4 Å². The molecule has 0 fully saturated rings. The highest BCUT2D eigenvalue weighted by Crippen LogP contribution is 2.25. The monoisotopic (exact) mass is 359 g/mol. The molecule has 0 aliphatic rings. The summed E-state index contributed by atoms with van der Waals surface area (Å²) in [4.78, 5) is 34.1. The second-order valence-electron chi connectivity index (χ2n) is 5.07. The number of carbonyl (C=O) groups excluding carboxylic acids is 2. The minimum atomic E-state index is -0.719. The number of hydrogen-bond acceptors (Lipinski definition) is 5. The summed E-state index contributed by atoms with van der Waals surface area (Å²) in [6, 6.07) is 8.40. The molecule has 25 heavy (non-hydrogen) atoms. The number of benzene rings is 2. The van der Waals surface area contributed by atoms with E-state index in [-0.39, 0.29) is 16.3 Å². The van der Waals surface area contributed by atoms with Crippen molar-refractivity contribution in [3.63, 3.8) is 0 Å². The lowest BCUT2D eigenvalue weighted by Gasteiger charge is -2.06. The quantitative estimate of drug-likeness (QED) is 0.484. The zero-order valence-corrected chi connectivity index (χ0v) is 13.2. The van der Waals surface area contributed by atoms with Gasteiger partial charge in [-0.1, -0.05) is 11.6 Å². The molecule has 10 heteroatoms. The molecule has 1 aromatic heterocycles. The van der Waals surface area contributed by atoms with Crippen molar-refractivity contribution in [1.82, 2.24) is 10.2 Å². The third-order valence-electron chi connectivity index (χ3n) is 3.46. The normalized spacial score (nSPS) is 10.6. The maximum absolute atomic E-state index is 12.4. The van der Waals surface area contributed by atoms with Gasteiger partial charge in [0.1, 0.15) is 5.56 Å². The van der Waals surface area contributed by atoms with Gasteiger partial charge in [0, 0.05) is 22.2 Å². The number of nitrogens with zero attached hydrogens (tertiary/aromatic N) is 2. The van der Waals surface area contributed by atoms with Crippen molar-refractivity contribution in [2.45, 2.75) is 0 Å². The van der Waals surface area contributed by atoms with Crippen LogP contribution in [0.5, 0.6) is 0 Å². The van der Waals surface area contributed by atoms with Gasteiger partial charge in [-0.2, -0.15) is 5.10 Å². The fraction of sp³-hybridized carbons (Fsp3) is 0. The molecule has 4 N–H and O–H groups in total. The van der Waals surface area contributed by atoms with Crippen LogP contribution >= 0.6 is 11.6 Å². The van der Waals surface area contributed by atoms with E-state index in [0.29, 0.717) is 16.6 Å². The average molecular weight is 360 g/mol. The number of H-pyrrole nitrogens is 1. The summed E-state index contributed by atoms with van der Waals surface area (Å²) >= 11 is 5.74. The summed E-state index contributed by atoms with van der Waals surface area (Å²) in [5.41, 5.74) is 5.60. The van der Waals surface area contributed by atoms with Crippen LogP contribution in [0, 0.1) is 10.1 Å². The van der Waals surface area contributed by atoms with E-state index in [1.165, 1.54) is 18.2 Å². The molecule has 0 unspecified atom stereocenters. The lowest BCUT2D eigenvalue weighted by Crippen LogP contribution is -2.14. The van der Waals surface area contributed by atoms with Crippen LogP contribution in [-0.4, -0.2) is 26.9 Å². The van der Waals surface area contributed by atoms with Crippen LogP contribution in [0.2, 0.25) is 5.02 Å². The van der Waals surface area contributed by atoms with E-state index < -0.39 is 22.4 Å². The van der Waals surface area contributed by atoms with Gasteiger partial charge in [0.15, 0.2) is 5.69 Å². The molecule has 0 bridgehead atoms. The number of primary amides is 1. The van der Waals surface area contributed by atoms with Crippen molar-refractivity contribution in [3.8, 4) is 0 Å². The maximum Gasteiger partial charge on any atom is 0.283 e. The number of anilines is 1. The number of nitro groups is 1. The first-order valence-corrected chi connectivity index (χ1v) is 7.28. The summed E-state index contributed by atoms with van der Waals surface area (Å²) in [6.07, 6.45) is 0. The Labute approximate surface area is 144 Å². The molecular formula is C15H10ClN5O4. The van der Waals surface area contributed by atoms with Crippen molar-refractivity contribution in [3.05, 3.63) is 62.8 Å². The molecule has 2 amide bonds. The number of hydrogen-bond donors (Lipinski definition) is 3. The summed E-state index contributed by atoms with van der Waals surface area (Å²) in [5.74, 6) is -1.41. The number of fused-ring (bicyclic) bond motifs is 1. The molecule has 0 saturated heterocycles. The number of amides is 2. The van der Waals surface area contributed by atoms with Crippen LogP contribution in [0.3, 0.4) is 0 Å². The fourth-order valence-electron chi connectivity index (χ4n) is 2.33. The first kappa shape index (κ1) is 16.4. The molecule has 0 aliphatic carbocycles. The third kappa shape index (κ3) is 3.12. The van der Waals surface area contributed by atoms with E-state index in [1.54, 1.807) is 12.1 Å². The van der Waals surface area contributed by atoms with Crippen LogP contribution in [0.25, 0.3) is 10.9 Å². The van der Waals surface area contributed by atoms with Gasteiger partial charge in [-0.15, -0.1) is 0 Å². The molecule has 2 aromatic carbocycles. The Hall–Kier alpha value is -3.46. The van der Waals surface area contributed by atoms with Crippen molar-refractivity contribution in [2.75, 3.05) is 5.32 Å². The van der Waals surface area contributed by atoms with Crippen LogP contribution in [-0.2, 0) is 0 Å². The second-order valence-corrected chi connectivity index (χ2v) is 5.51. The van der Waals surface area contributed by atoms with Crippen molar-refractivity contribution in [2.24, 2.45) is 5.73 Å². The number of nitrogens with one attached hydrogen (secondary N) is 2. The van der Waals surface area contributed by atoms with E-state index in [9.17, 15) is 19.7 Å². The lowest BCUT2D eigenvalue weighted by molar-refractivity contribution is -0.385. The Morgan fingerprint density at radius 3 is 2.68 bits per heavy atom. The zero-order chi connectivity index (χ0) is 18.1. The maximum atomic E-state index is 12.4. The SMILES string of the molecule is NC(=O)c1n[nH]c2ccc(NC(=O)c3ccc(Cl)cc3[N+](=O)[O-])cc12. The van der Waals surface area contributed by atoms with E-state index in [2.05, 4.69) is 15.5 Å². The number of aromatic nitrogens is 2. The van der Waals surface area contributed by atoms with Crippen molar-refractivity contribution >= 4 is 45.7 Å². The molecule has 0 spiro atoms. The fourth-order valence-corrected chi connectivity index (χ4v) is 2.49. The molecule has 0 radical (unpaired) electrons. The summed E-state index contributed by atoms with van der Waals surface area (Å²) in [6.45, 7) is 0. The minimum absolute atomic E-state index is 0.0311. The Kier molecular flexibility index (Phi) is 4.07. The number of carbonyl (C=O) groups is 2. The van der Waals surface area contributed by atoms with Crippen molar-refractivity contribution in [1.29, 1.82) is 0 Å². The number of nitrogens with two attached hydrogens (primary N) is 1. The van der Waals surface area contributed by atoms with Gasteiger partial charge in [-0.05, 0) is 30.3 Å². The molecule has 0 atom stereocenters. The molecule has 0 saturated carbocycles. The van der Waals surface area contributed by atoms with Gasteiger partial charge >= 0.3 is 0 Å². The molecular weight excluding hydrogens is 350 g/mol. The van der Waals surface area contributed by atoms with Gasteiger partial charge in [-0.3, -0.25) is 24.8 Å². The van der Waals surface area contributed by atoms with Crippen molar-refractivity contribution < 1.29 is 14.5 Å². The topological polar surface area (TPSA) is 144 Å². The molecule has 9 nitrogen and oxygen atoms in total. The highest BCUT2D eigenvalue weighted by molar-refractivity contribution is 6.31. The lowest BCUT2D eigenvalue weighted by atomic mass is 10.1. The number of nitro benzene ring substituents is 1. The number of halogens is 1. The minimum Gasteiger partial charge on any atom is -0.364 e. The van der Waals surface area contributed by atoms with Gasteiger partial charge in [0.2, 0.25) is 0 Å². The molecule has 126 valence electrons. The van der Waals surface area contributed by atoms with E-state index in [1.807, 2.05) is 0 Å². The summed E-state index contributed by atoms with van der Waals surface area (Å²) < 4.78 is 0. The van der Waals surface area contributed by atoms with Crippen LogP contribution in [0.1, 0.15) is 20.8 Å². The highest BCUT2D eigenvalue weighted by Gasteiger charge is 2.21. The first-order valence-electron chi connectivity index (χ1n) is 6.90. The molecule has 1 heterocycles. The zero-order valence-electron chi connectivity index (χ0n) is 12.4. The predicted octanol–water partition coefficient (Wildman–Crippen LogP) is 2.48. The number of aromatic amines is 1. The Balaban J connectivity index is 1.96. The molecule has 3 aromatic rings. The first-order chi connectivity index (χ1) is 11.9. The number of rotatable bonds is 4. The highest BCUT2D eigenvalue weighted by atomic mass is 35.5.